The first-order chi connectivity index (χ1) is 8.61. The predicted molar refractivity (Wildman–Crippen MR) is 75.2 cm³/mol. The van der Waals surface area contributed by atoms with E-state index in [2.05, 4.69) is 4.74 Å². The van der Waals surface area contributed by atoms with Gasteiger partial charge in [0.2, 0.25) is 0 Å². The summed E-state index contributed by atoms with van der Waals surface area (Å²) in [6, 6.07) is 5.55. The SMILES string of the molecule is COC(=O)c1sc2c(sc3cc(Cl)ccc32)c1O. The summed E-state index contributed by atoms with van der Waals surface area (Å²) in [6.07, 6.45) is 0. The molecule has 0 bridgehead atoms. The average molecular weight is 299 g/mol. The summed E-state index contributed by atoms with van der Waals surface area (Å²) in [6.45, 7) is 0. The lowest BCUT2D eigenvalue weighted by atomic mass is 10.2. The zero-order chi connectivity index (χ0) is 12.9. The van der Waals surface area contributed by atoms with Crippen LogP contribution in [0.2, 0.25) is 5.02 Å². The third-order valence-electron chi connectivity index (χ3n) is 2.61. The number of carbonyl (C=O) groups is 1. The van der Waals surface area contributed by atoms with Crippen molar-refractivity contribution < 1.29 is 14.6 Å². The molecule has 1 N–H and O–H groups in total. The molecule has 2 heterocycles. The molecule has 0 unspecified atom stereocenters. The number of fused-ring (bicyclic) bond motifs is 3. The van der Waals surface area contributed by atoms with E-state index in [1.165, 1.54) is 29.8 Å². The monoisotopic (exact) mass is 298 g/mol. The Morgan fingerprint density at radius 1 is 1.33 bits per heavy atom. The second kappa shape index (κ2) is 4.12. The van der Waals surface area contributed by atoms with Crippen molar-refractivity contribution in [3.63, 3.8) is 0 Å². The smallest absolute Gasteiger partial charge is 0.351 e. The fourth-order valence-corrected chi connectivity index (χ4v) is 4.54. The number of ether oxygens (including phenoxy) is 1. The minimum absolute atomic E-state index is 0.000766. The van der Waals surface area contributed by atoms with Crippen LogP contribution in [0.1, 0.15) is 9.67 Å². The predicted octanol–water partition coefficient (Wildman–Crippen LogP) is 4.26. The van der Waals surface area contributed by atoms with Crippen molar-refractivity contribution in [2.45, 2.75) is 0 Å². The van der Waals surface area contributed by atoms with Crippen molar-refractivity contribution >= 4 is 59.7 Å². The highest BCUT2D eigenvalue weighted by atomic mass is 35.5. The summed E-state index contributed by atoms with van der Waals surface area (Å²) in [5.41, 5.74) is 0. The number of thiophene rings is 2. The number of esters is 1. The molecule has 0 aliphatic rings. The second-order valence-electron chi connectivity index (χ2n) is 3.67. The topological polar surface area (TPSA) is 46.5 Å². The minimum atomic E-state index is -0.511. The lowest BCUT2D eigenvalue weighted by Gasteiger charge is -1.95. The van der Waals surface area contributed by atoms with Gasteiger partial charge >= 0.3 is 5.97 Å². The summed E-state index contributed by atoms with van der Waals surface area (Å²) >= 11 is 8.59. The molecule has 1 aromatic carbocycles. The average Bonchev–Trinajstić information content (AvgIpc) is 2.85. The molecule has 3 rings (SSSR count). The van der Waals surface area contributed by atoms with E-state index in [1.807, 2.05) is 12.1 Å². The Bertz CT molecular complexity index is 772. The van der Waals surface area contributed by atoms with E-state index in [0.717, 1.165) is 14.8 Å². The van der Waals surface area contributed by atoms with Gasteiger partial charge in [0.25, 0.3) is 0 Å². The summed E-state index contributed by atoms with van der Waals surface area (Å²) in [5.74, 6) is -0.512. The van der Waals surface area contributed by atoms with Crippen LogP contribution < -0.4 is 0 Å². The molecule has 0 fully saturated rings. The minimum Gasteiger partial charge on any atom is -0.505 e. The fourth-order valence-electron chi connectivity index (χ4n) is 1.79. The normalized spacial score (nSPS) is 11.2. The summed E-state index contributed by atoms with van der Waals surface area (Å²) in [5, 5.41) is 11.7. The molecule has 18 heavy (non-hydrogen) atoms. The Kier molecular flexibility index (Phi) is 2.69. The molecule has 0 saturated heterocycles. The number of carbonyl (C=O) groups excluding carboxylic acids is 1. The van der Waals surface area contributed by atoms with Crippen LogP contribution in [0.5, 0.6) is 5.75 Å². The molecule has 0 amide bonds. The molecule has 0 spiro atoms. The van der Waals surface area contributed by atoms with Gasteiger partial charge in [0, 0.05) is 15.1 Å². The molecule has 0 atom stereocenters. The van der Waals surface area contributed by atoms with Gasteiger partial charge in [0.15, 0.2) is 10.6 Å². The van der Waals surface area contributed by atoms with Crippen molar-refractivity contribution in [3.8, 4) is 5.75 Å². The Balaban J connectivity index is 2.36. The van der Waals surface area contributed by atoms with Gasteiger partial charge in [-0.05, 0) is 12.1 Å². The van der Waals surface area contributed by atoms with Crippen LogP contribution >= 0.6 is 34.3 Å². The number of benzene rings is 1. The van der Waals surface area contributed by atoms with Gasteiger partial charge in [-0.2, -0.15) is 0 Å². The molecular formula is C12H7ClO3S2. The van der Waals surface area contributed by atoms with E-state index in [4.69, 9.17) is 11.6 Å². The van der Waals surface area contributed by atoms with Crippen LogP contribution in [0, 0.1) is 0 Å². The second-order valence-corrected chi connectivity index (χ2v) is 6.18. The standard InChI is InChI=1S/C12H7ClO3S2/c1-16-12(15)11-8(14)10-9(18-11)6-3-2-5(13)4-7(6)17-10/h2-4,14H,1H3. The van der Waals surface area contributed by atoms with Crippen molar-refractivity contribution in [2.75, 3.05) is 7.11 Å². The van der Waals surface area contributed by atoms with Crippen molar-refractivity contribution in [1.29, 1.82) is 0 Å². The molecular weight excluding hydrogens is 292 g/mol. The van der Waals surface area contributed by atoms with E-state index in [9.17, 15) is 9.90 Å². The summed E-state index contributed by atoms with van der Waals surface area (Å²) < 4.78 is 7.24. The number of hydrogen-bond acceptors (Lipinski definition) is 5. The highest BCUT2D eigenvalue weighted by molar-refractivity contribution is 7.34. The van der Waals surface area contributed by atoms with Gasteiger partial charge < -0.3 is 9.84 Å². The van der Waals surface area contributed by atoms with Crippen molar-refractivity contribution in [2.24, 2.45) is 0 Å². The zero-order valence-electron chi connectivity index (χ0n) is 9.19. The van der Waals surface area contributed by atoms with Crippen LogP contribution in [0.25, 0.3) is 19.5 Å². The van der Waals surface area contributed by atoms with Crippen LogP contribution in [-0.4, -0.2) is 18.2 Å². The molecule has 92 valence electrons. The third kappa shape index (κ3) is 1.59. The maximum atomic E-state index is 11.5. The maximum Gasteiger partial charge on any atom is 0.351 e. The van der Waals surface area contributed by atoms with E-state index in [0.29, 0.717) is 9.72 Å². The van der Waals surface area contributed by atoms with E-state index in [-0.39, 0.29) is 10.6 Å². The quantitative estimate of drug-likeness (QED) is 0.683. The van der Waals surface area contributed by atoms with Gasteiger partial charge in [0.1, 0.15) is 0 Å². The highest BCUT2D eigenvalue weighted by Crippen LogP contribution is 2.46. The van der Waals surface area contributed by atoms with Crippen LogP contribution in [-0.2, 0) is 4.74 Å². The Hall–Kier alpha value is -1.30. The van der Waals surface area contributed by atoms with E-state index < -0.39 is 5.97 Å². The van der Waals surface area contributed by atoms with Crippen LogP contribution in [0.15, 0.2) is 18.2 Å². The number of methoxy groups -OCH3 is 1. The first-order valence-electron chi connectivity index (χ1n) is 5.03. The fraction of sp³-hybridized carbons (Fsp3) is 0.0833. The number of hydrogen-bond donors (Lipinski definition) is 1. The Morgan fingerprint density at radius 2 is 2.11 bits per heavy atom. The van der Waals surface area contributed by atoms with Crippen LogP contribution in [0.4, 0.5) is 0 Å². The zero-order valence-corrected chi connectivity index (χ0v) is 11.6. The molecule has 3 aromatic rings. The summed E-state index contributed by atoms with van der Waals surface area (Å²) in [7, 11) is 1.30. The van der Waals surface area contributed by atoms with Gasteiger partial charge in [-0.25, -0.2) is 4.79 Å². The van der Waals surface area contributed by atoms with Crippen molar-refractivity contribution in [3.05, 3.63) is 28.1 Å². The number of rotatable bonds is 1. The molecule has 0 saturated carbocycles. The van der Waals surface area contributed by atoms with Gasteiger partial charge in [-0.1, -0.05) is 17.7 Å². The van der Waals surface area contributed by atoms with Gasteiger partial charge in [0.05, 0.1) is 16.5 Å². The highest BCUT2D eigenvalue weighted by Gasteiger charge is 2.21. The molecule has 0 aliphatic carbocycles. The number of halogens is 1. The van der Waals surface area contributed by atoms with Gasteiger partial charge in [-0.3, -0.25) is 0 Å². The Morgan fingerprint density at radius 3 is 2.83 bits per heavy atom. The summed E-state index contributed by atoms with van der Waals surface area (Å²) in [4.78, 5) is 11.7. The van der Waals surface area contributed by atoms with Crippen LogP contribution in [0.3, 0.4) is 0 Å². The molecule has 3 nitrogen and oxygen atoms in total. The first-order valence-corrected chi connectivity index (χ1v) is 7.04. The van der Waals surface area contributed by atoms with E-state index >= 15 is 0 Å². The maximum absolute atomic E-state index is 11.5. The largest absolute Gasteiger partial charge is 0.505 e. The lowest BCUT2D eigenvalue weighted by Crippen LogP contribution is -1.97. The Labute approximate surface area is 115 Å². The molecule has 0 radical (unpaired) electrons. The third-order valence-corrected chi connectivity index (χ3v) is 5.33. The molecule has 6 heteroatoms. The van der Waals surface area contributed by atoms with E-state index in [1.54, 1.807) is 6.07 Å². The van der Waals surface area contributed by atoms with Gasteiger partial charge in [-0.15, -0.1) is 22.7 Å². The lowest BCUT2D eigenvalue weighted by molar-refractivity contribution is 0.0603. The first kappa shape index (κ1) is 11.8. The number of aromatic hydroxyl groups is 1. The molecule has 2 aromatic heterocycles. The van der Waals surface area contributed by atoms with Crippen molar-refractivity contribution in [1.82, 2.24) is 0 Å². The molecule has 0 aliphatic heterocycles.